The number of hydrogen-bond donors (Lipinski definition) is 6. The second kappa shape index (κ2) is 7.37. The number of aliphatic hydroxyl groups excluding tert-OH is 3. The van der Waals surface area contributed by atoms with E-state index in [1.54, 1.807) is 0 Å². The molecule has 11 heteroatoms. The summed E-state index contributed by atoms with van der Waals surface area (Å²) in [6.07, 6.45) is -6.26. The fourth-order valence-electron chi connectivity index (χ4n) is 3.02. The van der Waals surface area contributed by atoms with Crippen molar-refractivity contribution in [3.05, 3.63) is 29.8 Å². The average Bonchev–Trinajstić information content (AvgIpc) is 2.65. The number of carboxylic acid groups (broad SMARTS) is 1. The lowest BCUT2D eigenvalue weighted by Crippen LogP contribution is -2.74. The van der Waals surface area contributed by atoms with Gasteiger partial charge in [-0.1, -0.05) is 6.07 Å². The molecule has 28 heavy (non-hydrogen) atoms. The van der Waals surface area contributed by atoms with Crippen molar-refractivity contribution in [2.75, 3.05) is 6.61 Å². The van der Waals surface area contributed by atoms with Crippen LogP contribution >= 0.6 is 0 Å². The summed E-state index contributed by atoms with van der Waals surface area (Å²) < 4.78 is 15.0. The van der Waals surface area contributed by atoms with Crippen LogP contribution in [-0.2, 0) is 23.8 Å². The van der Waals surface area contributed by atoms with Gasteiger partial charge in [-0.2, -0.15) is 0 Å². The summed E-state index contributed by atoms with van der Waals surface area (Å²) in [5.41, 5.74) is 0.331. The first-order valence-corrected chi connectivity index (χ1v) is 8.16. The Morgan fingerprint density at radius 2 is 1.89 bits per heavy atom. The fourth-order valence-corrected chi connectivity index (χ4v) is 3.02. The number of carbonyl (C=O) groups excluding carboxylic acids is 1. The van der Waals surface area contributed by atoms with Gasteiger partial charge in [-0.15, -0.1) is 0 Å². The van der Waals surface area contributed by atoms with E-state index in [1.165, 1.54) is 24.3 Å². The Labute approximate surface area is 157 Å². The molecular formula is C17H18O11. The molecule has 0 radical (unpaired) electrons. The molecule has 2 aliphatic rings. The minimum Gasteiger partial charge on any atom is -0.504 e. The van der Waals surface area contributed by atoms with Crippen molar-refractivity contribution in [3.8, 4) is 11.5 Å². The number of rotatable bonds is 4. The number of carboxylic acids is 1. The standard InChI is InChI=1S/C17H18O11/c18-8-3-1-7(5-9(8)19)2-4-11(21)27-14-12(22)13-10(20)6-26-17(28-13,15(14)23)16(24)25/h1-5,10,12-15,18-20,22-23H,6H2,(H,24,25)/b4-2+/t10-,12+,13-,14+,15-,17-/m1/s1. The molecule has 152 valence electrons. The summed E-state index contributed by atoms with van der Waals surface area (Å²) in [6.45, 7) is -0.504. The van der Waals surface area contributed by atoms with Gasteiger partial charge in [-0.3, -0.25) is 0 Å². The van der Waals surface area contributed by atoms with Gasteiger partial charge in [0.05, 0.1) is 6.61 Å². The average molecular weight is 398 g/mol. The zero-order valence-electron chi connectivity index (χ0n) is 14.2. The monoisotopic (exact) mass is 398 g/mol. The maximum absolute atomic E-state index is 12.1. The summed E-state index contributed by atoms with van der Waals surface area (Å²) in [5, 5.41) is 58.5. The molecule has 6 atom stereocenters. The van der Waals surface area contributed by atoms with Gasteiger partial charge in [0, 0.05) is 6.08 Å². The Morgan fingerprint density at radius 1 is 1.18 bits per heavy atom. The summed E-state index contributed by atoms with van der Waals surface area (Å²) in [5.74, 6) is -6.11. The number of benzene rings is 1. The number of phenolic OH excluding ortho intramolecular Hbond substituents is 2. The third-order valence-corrected chi connectivity index (χ3v) is 4.49. The lowest BCUT2D eigenvalue weighted by atomic mass is 9.88. The molecule has 2 aliphatic heterocycles. The van der Waals surface area contributed by atoms with Crippen LogP contribution in [0.4, 0.5) is 0 Å². The molecule has 0 amide bonds. The number of esters is 1. The second-order valence-corrected chi connectivity index (χ2v) is 6.35. The third kappa shape index (κ3) is 3.41. The number of ether oxygens (including phenoxy) is 3. The Morgan fingerprint density at radius 3 is 2.54 bits per heavy atom. The molecular weight excluding hydrogens is 380 g/mol. The van der Waals surface area contributed by atoms with Crippen molar-refractivity contribution in [3.63, 3.8) is 0 Å². The molecule has 1 aromatic carbocycles. The maximum Gasteiger partial charge on any atom is 0.367 e. The number of hydrogen-bond acceptors (Lipinski definition) is 10. The number of phenols is 2. The van der Waals surface area contributed by atoms with Crippen LogP contribution in [0.15, 0.2) is 24.3 Å². The Balaban J connectivity index is 1.77. The first-order valence-electron chi connectivity index (χ1n) is 8.16. The highest BCUT2D eigenvalue weighted by atomic mass is 16.8. The zero-order valence-corrected chi connectivity index (χ0v) is 14.2. The Kier molecular flexibility index (Phi) is 5.28. The van der Waals surface area contributed by atoms with Crippen LogP contribution in [0.5, 0.6) is 11.5 Å². The highest BCUT2D eigenvalue weighted by Crippen LogP contribution is 2.38. The molecule has 1 aromatic rings. The van der Waals surface area contributed by atoms with E-state index < -0.39 is 60.6 Å². The number of aliphatic carboxylic acids is 1. The largest absolute Gasteiger partial charge is 0.504 e. The topological polar surface area (TPSA) is 183 Å². The van der Waals surface area contributed by atoms with Crippen LogP contribution < -0.4 is 0 Å². The molecule has 0 saturated carbocycles. The molecule has 3 rings (SSSR count). The number of fused-ring (bicyclic) bond motifs is 2. The quantitative estimate of drug-likeness (QED) is 0.193. The van der Waals surface area contributed by atoms with Gasteiger partial charge in [-0.05, 0) is 23.8 Å². The summed E-state index contributed by atoms with van der Waals surface area (Å²) in [4.78, 5) is 23.6. The van der Waals surface area contributed by atoms with E-state index in [9.17, 15) is 40.2 Å². The van der Waals surface area contributed by atoms with Crippen LogP contribution in [0.3, 0.4) is 0 Å². The van der Waals surface area contributed by atoms with Gasteiger partial charge in [0.25, 0.3) is 5.79 Å². The van der Waals surface area contributed by atoms with E-state index in [1.807, 2.05) is 0 Å². The van der Waals surface area contributed by atoms with E-state index in [0.717, 1.165) is 6.08 Å². The molecule has 6 N–H and O–H groups in total. The van der Waals surface area contributed by atoms with Crippen molar-refractivity contribution >= 4 is 18.0 Å². The Hall–Kier alpha value is -2.70. The zero-order chi connectivity index (χ0) is 20.6. The summed E-state index contributed by atoms with van der Waals surface area (Å²) in [7, 11) is 0. The van der Waals surface area contributed by atoms with Gasteiger partial charge in [0.15, 0.2) is 23.7 Å². The SMILES string of the molecule is O=C(/C=C/c1ccc(O)c(O)c1)O[C@H]1[C@@H](O)[C@@H]2O[C@](C(=O)O)(OC[C@H]2O)[C@@H]1O. The number of aromatic hydroxyl groups is 2. The summed E-state index contributed by atoms with van der Waals surface area (Å²) in [6, 6.07) is 3.76. The van der Waals surface area contributed by atoms with E-state index in [-0.39, 0.29) is 5.75 Å². The van der Waals surface area contributed by atoms with Gasteiger partial charge in [0.1, 0.15) is 18.3 Å². The molecule has 2 heterocycles. The summed E-state index contributed by atoms with van der Waals surface area (Å²) >= 11 is 0. The molecule has 0 spiro atoms. The first kappa shape index (κ1) is 20.0. The molecule has 0 unspecified atom stereocenters. The highest BCUT2D eigenvalue weighted by molar-refractivity contribution is 5.87. The number of carbonyl (C=O) groups is 2. The minimum atomic E-state index is -2.60. The lowest BCUT2D eigenvalue weighted by molar-refractivity contribution is -0.391. The van der Waals surface area contributed by atoms with Crippen LogP contribution in [0.25, 0.3) is 6.08 Å². The van der Waals surface area contributed by atoms with Crippen molar-refractivity contribution in [1.29, 1.82) is 0 Å². The van der Waals surface area contributed by atoms with Crippen LogP contribution in [-0.4, -0.2) is 85.5 Å². The minimum absolute atomic E-state index is 0.331. The third-order valence-electron chi connectivity index (χ3n) is 4.49. The maximum atomic E-state index is 12.1. The highest BCUT2D eigenvalue weighted by Gasteiger charge is 2.65. The smallest absolute Gasteiger partial charge is 0.367 e. The van der Waals surface area contributed by atoms with Gasteiger partial charge in [0.2, 0.25) is 0 Å². The van der Waals surface area contributed by atoms with Crippen molar-refractivity contribution < 1.29 is 54.4 Å². The van der Waals surface area contributed by atoms with Gasteiger partial charge in [-0.25, -0.2) is 9.59 Å². The first-order chi connectivity index (χ1) is 13.2. The molecule has 0 aromatic heterocycles. The van der Waals surface area contributed by atoms with Crippen LogP contribution in [0.1, 0.15) is 5.56 Å². The van der Waals surface area contributed by atoms with Gasteiger partial charge < -0.3 is 44.8 Å². The van der Waals surface area contributed by atoms with Crippen LogP contribution in [0, 0.1) is 0 Å². The number of aliphatic hydroxyl groups is 3. The van der Waals surface area contributed by atoms with Crippen LogP contribution in [0.2, 0.25) is 0 Å². The molecule has 0 aliphatic carbocycles. The lowest BCUT2D eigenvalue weighted by Gasteiger charge is -2.51. The van der Waals surface area contributed by atoms with E-state index in [0.29, 0.717) is 5.56 Å². The predicted molar refractivity (Wildman–Crippen MR) is 87.9 cm³/mol. The predicted octanol–water partition coefficient (Wildman–Crippen LogP) is -1.68. The fraction of sp³-hybridized carbons (Fsp3) is 0.412. The van der Waals surface area contributed by atoms with Crippen molar-refractivity contribution in [2.45, 2.75) is 36.3 Å². The molecule has 2 fully saturated rings. The molecule has 2 saturated heterocycles. The van der Waals surface area contributed by atoms with E-state index in [4.69, 9.17) is 14.2 Å². The second-order valence-electron chi connectivity index (χ2n) is 6.35. The molecule has 11 nitrogen and oxygen atoms in total. The van der Waals surface area contributed by atoms with E-state index >= 15 is 0 Å². The van der Waals surface area contributed by atoms with Gasteiger partial charge >= 0.3 is 11.9 Å². The van der Waals surface area contributed by atoms with Crippen molar-refractivity contribution in [2.24, 2.45) is 0 Å². The Bertz CT molecular complexity index is 806. The van der Waals surface area contributed by atoms with Crippen molar-refractivity contribution in [1.82, 2.24) is 0 Å². The molecule has 2 bridgehead atoms. The van der Waals surface area contributed by atoms with E-state index in [2.05, 4.69) is 0 Å². The normalized spacial score (nSPS) is 34.9.